The highest BCUT2D eigenvalue weighted by atomic mass is 16.5. The van der Waals surface area contributed by atoms with Crippen LogP contribution in [0.5, 0.6) is 5.75 Å². The van der Waals surface area contributed by atoms with Gasteiger partial charge >= 0.3 is 0 Å². The molecule has 0 bridgehead atoms. The van der Waals surface area contributed by atoms with Gasteiger partial charge in [0.2, 0.25) is 0 Å². The summed E-state index contributed by atoms with van der Waals surface area (Å²) in [4.78, 5) is 0. The molecule has 3 heteroatoms. The van der Waals surface area contributed by atoms with Crippen LogP contribution < -0.4 is 15.8 Å². The largest absolute Gasteiger partial charge is 0.497 e. The molecule has 1 aromatic rings. The third-order valence-electron chi connectivity index (χ3n) is 3.32. The van der Waals surface area contributed by atoms with Crippen molar-refractivity contribution in [2.45, 2.75) is 19.9 Å². The number of nitrogens with one attached hydrogen (secondary N) is 1. The van der Waals surface area contributed by atoms with Gasteiger partial charge in [-0.05, 0) is 43.1 Å². The summed E-state index contributed by atoms with van der Waals surface area (Å²) in [5, 5.41) is 3.37. The average molecular weight is 236 g/mol. The number of methoxy groups -OCH3 is 1. The van der Waals surface area contributed by atoms with Crippen molar-refractivity contribution in [3.63, 3.8) is 0 Å². The van der Waals surface area contributed by atoms with Gasteiger partial charge in [-0.15, -0.1) is 0 Å². The van der Waals surface area contributed by atoms with E-state index in [1.807, 2.05) is 19.2 Å². The molecule has 0 aromatic heterocycles. The quantitative estimate of drug-likeness (QED) is 0.796. The third kappa shape index (κ3) is 3.45. The van der Waals surface area contributed by atoms with Crippen molar-refractivity contribution in [3.05, 3.63) is 29.8 Å². The van der Waals surface area contributed by atoms with Gasteiger partial charge in [0.05, 0.1) is 7.11 Å². The first-order valence-electron chi connectivity index (χ1n) is 6.15. The van der Waals surface area contributed by atoms with Gasteiger partial charge in [-0.25, -0.2) is 0 Å². The summed E-state index contributed by atoms with van der Waals surface area (Å²) in [6.45, 7) is 5.10. The summed E-state index contributed by atoms with van der Waals surface area (Å²) >= 11 is 0. The first-order valence-corrected chi connectivity index (χ1v) is 6.15. The van der Waals surface area contributed by atoms with Crippen LogP contribution in [0, 0.1) is 11.8 Å². The van der Waals surface area contributed by atoms with E-state index in [-0.39, 0.29) is 6.04 Å². The molecule has 0 radical (unpaired) electrons. The van der Waals surface area contributed by atoms with Crippen LogP contribution >= 0.6 is 0 Å². The van der Waals surface area contributed by atoms with Gasteiger partial charge in [0.1, 0.15) is 5.75 Å². The van der Waals surface area contributed by atoms with Gasteiger partial charge in [-0.2, -0.15) is 0 Å². The molecule has 3 nitrogen and oxygen atoms in total. The first-order chi connectivity index (χ1) is 8.13. The average Bonchev–Trinajstić information content (AvgIpc) is 2.35. The maximum Gasteiger partial charge on any atom is 0.119 e. The van der Waals surface area contributed by atoms with E-state index in [1.165, 1.54) is 5.56 Å². The lowest BCUT2D eigenvalue weighted by molar-refractivity contribution is 0.298. The number of ether oxygens (including phenoxy) is 1. The van der Waals surface area contributed by atoms with Crippen molar-refractivity contribution in [1.82, 2.24) is 5.32 Å². The van der Waals surface area contributed by atoms with Crippen LogP contribution in [0.15, 0.2) is 24.3 Å². The molecule has 2 atom stereocenters. The molecule has 0 aliphatic carbocycles. The van der Waals surface area contributed by atoms with Gasteiger partial charge < -0.3 is 15.8 Å². The smallest absolute Gasteiger partial charge is 0.119 e. The Bertz CT molecular complexity index is 339. The Morgan fingerprint density at radius 2 is 2.06 bits per heavy atom. The number of nitrogens with two attached hydrogens (primary N) is 1. The lowest BCUT2D eigenvalue weighted by Gasteiger charge is -2.29. The Morgan fingerprint density at radius 1 is 1.35 bits per heavy atom. The zero-order chi connectivity index (χ0) is 12.8. The van der Waals surface area contributed by atoms with E-state index in [0.717, 1.165) is 5.75 Å². The summed E-state index contributed by atoms with van der Waals surface area (Å²) in [7, 11) is 3.67. The molecule has 3 N–H and O–H groups in total. The zero-order valence-electron chi connectivity index (χ0n) is 11.2. The van der Waals surface area contributed by atoms with Crippen molar-refractivity contribution < 1.29 is 4.74 Å². The van der Waals surface area contributed by atoms with E-state index < -0.39 is 0 Å². The topological polar surface area (TPSA) is 47.3 Å². The minimum atomic E-state index is 0.273. The normalized spacial score (nSPS) is 14.7. The third-order valence-corrected chi connectivity index (χ3v) is 3.32. The van der Waals surface area contributed by atoms with Gasteiger partial charge in [-0.3, -0.25) is 0 Å². The van der Waals surface area contributed by atoms with Crippen LogP contribution in [-0.2, 0) is 0 Å². The standard InChI is InChI=1S/C14H24N2O/c1-10(2)13(9-15)14(16-3)11-6-5-7-12(8-11)17-4/h5-8,10,13-14,16H,9,15H2,1-4H3. The van der Waals surface area contributed by atoms with Gasteiger partial charge in [-0.1, -0.05) is 26.0 Å². The second-order valence-electron chi connectivity index (χ2n) is 4.69. The van der Waals surface area contributed by atoms with Crippen LogP contribution in [0.2, 0.25) is 0 Å². The summed E-state index contributed by atoms with van der Waals surface area (Å²) < 4.78 is 5.26. The number of hydrogen-bond acceptors (Lipinski definition) is 3. The molecule has 1 rings (SSSR count). The highest BCUT2D eigenvalue weighted by Crippen LogP contribution is 2.28. The summed E-state index contributed by atoms with van der Waals surface area (Å²) in [5.41, 5.74) is 7.12. The minimum absolute atomic E-state index is 0.273. The molecule has 0 saturated heterocycles. The maximum atomic E-state index is 5.89. The summed E-state index contributed by atoms with van der Waals surface area (Å²) in [6.07, 6.45) is 0. The minimum Gasteiger partial charge on any atom is -0.497 e. The zero-order valence-corrected chi connectivity index (χ0v) is 11.2. The first kappa shape index (κ1) is 14.0. The van der Waals surface area contributed by atoms with E-state index in [1.54, 1.807) is 7.11 Å². The van der Waals surface area contributed by atoms with Crippen molar-refractivity contribution in [3.8, 4) is 5.75 Å². The Hall–Kier alpha value is -1.06. The maximum absolute atomic E-state index is 5.89. The van der Waals surface area contributed by atoms with Crippen molar-refractivity contribution in [1.29, 1.82) is 0 Å². The van der Waals surface area contributed by atoms with Crippen LogP contribution in [0.4, 0.5) is 0 Å². The molecule has 2 unspecified atom stereocenters. The number of hydrogen-bond donors (Lipinski definition) is 2. The van der Waals surface area contributed by atoms with Gasteiger partial charge in [0, 0.05) is 6.04 Å². The molecule has 96 valence electrons. The molecule has 0 saturated carbocycles. The monoisotopic (exact) mass is 236 g/mol. The van der Waals surface area contributed by atoms with Crippen LogP contribution in [0.1, 0.15) is 25.5 Å². The molecule has 0 spiro atoms. The molecule has 1 aromatic carbocycles. The van der Waals surface area contributed by atoms with Crippen LogP contribution in [0.25, 0.3) is 0 Å². The highest BCUT2D eigenvalue weighted by molar-refractivity contribution is 5.31. The van der Waals surface area contributed by atoms with E-state index in [9.17, 15) is 0 Å². The highest BCUT2D eigenvalue weighted by Gasteiger charge is 2.23. The summed E-state index contributed by atoms with van der Waals surface area (Å²) in [5.74, 6) is 1.86. The van der Waals surface area contributed by atoms with E-state index in [2.05, 4.69) is 31.3 Å². The fourth-order valence-corrected chi connectivity index (χ4v) is 2.26. The predicted octanol–water partition coefficient (Wildman–Crippen LogP) is 2.19. The lowest BCUT2D eigenvalue weighted by Crippen LogP contribution is -2.33. The van der Waals surface area contributed by atoms with Gasteiger partial charge in [0.25, 0.3) is 0 Å². The fraction of sp³-hybridized carbons (Fsp3) is 0.571. The summed E-state index contributed by atoms with van der Waals surface area (Å²) in [6, 6.07) is 8.45. The Balaban J connectivity index is 2.99. The van der Waals surface area contributed by atoms with E-state index in [0.29, 0.717) is 18.4 Å². The molecular formula is C14H24N2O. The molecule has 0 aliphatic heterocycles. The second-order valence-corrected chi connectivity index (χ2v) is 4.69. The Kier molecular flexibility index (Phi) is 5.45. The van der Waals surface area contributed by atoms with Gasteiger partial charge in [0.15, 0.2) is 0 Å². The SMILES string of the molecule is CNC(c1cccc(OC)c1)C(CN)C(C)C. The van der Waals surface area contributed by atoms with Crippen molar-refractivity contribution >= 4 is 0 Å². The Morgan fingerprint density at radius 3 is 2.53 bits per heavy atom. The molecule has 0 fully saturated rings. The molecule has 0 aliphatic rings. The number of benzene rings is 1. The molecule has 17 heavy (non-hydrogen) atoms. The molecular weight excluding hydrogens is 212 g/mol. The second kappa shape index (κ2) is 6.62. The van der Waals surface area contributed by atoms with Crippen molar-refractivity contribution in [2.75, 3.05) is 20.7 Å². The molecule has 0 heterocycles. The fourth-order valence-electron chi connectivity index (χ4n) is 2.26. The van der Waals surface area contributed by atoms with Crippen LogP contribution in [-0.4, -0.2) is 20.7 Å². The number of rotatable bonds is 6. The Labute approximate surface area is 104 Å². The van der Waals surface area contributed by atoms with E-state index >= 15 is 0 Å². The predicted molar refractivity (Wildman–Crippen MR) is 72.2 cm³/mol. The van der Waals surface area contributed by atoms with Crippen molar-refractivity contribution in [2.24, 2.45) is 17.6 Å². The lowest BCUT2D eigenvalue weighted by atomic mass is 9.84. The van der Waals surface area contributed by atoms with Crippen LogP contribution in [0.3, 0.4) is 0 Å². The van der Waals surface area contributed by atoms with E-state index in [4.69, 9.17) is 10.5 Å². The molecule has 0 amide bonds.